The van der Waals surface area contributed by atoms with Gasteiger partial charge in [-0.15, -0.1) is 0 Å². The van der Waals surface area contributed by atoms with Crippen LogP contribution in [0.15, 0.2) is 18.2 Å². The van der Waals surface area contributed by atoms with Crippen molar-refractivity contribution in [1.82, 2.24) is 4.90 Å². The minimum atomic E-state index is 0.377. The second-order valence-corrected chi connectivity index (χ2v) is 5.98. The van der Waals surface area contributed by atoms with E-state index in [1.54, 1.807) is 0 Å². The lowest BCUT2D eigenvalue weighted by Crippen LogP contribution is -2.41. The number of nitrogens with zero attached hydrogens (tertiary/aromatic N) is 1. The van der Waals surface area contributed by atoms with Gasteiger partial charge in [0.05, 0.1) is 0 Å². The molecule has 3 atom stereocenters. The molecule has 1 aliphatic rings. The number of likely N-dealkylation sites (tertiary alicyclic amines) is 1. The van der Waals surface area contributed by atoms with Crippen molar-refractivity contribution >= 4 is 0 Å². The van der Waals surface area contributed by atoms with Crippen molar-refractivity contribution in [2.75, 3.05) is 6.54 Å². The van der Waals surface area contributed by atoms with Crippen molar-refractivity contribution in [2.24, 2.45) is 5.73 Å². The van der Waals surface area contributed by atoms with Crippen LogP contribution in [0.1, 0.15) is 55.8 Å². The van der Waals surface area contributed by atoms with E-state index in [2.05, 4.69) is 50.8 Å². The lowest BCUT2D eigenvalue weighted by molar-refractivity contribution is 0.136. The standard InChI is InChI=1S/C17H28N2/c1-5-15-10-9-13(3)19(15)17(11-18)16-8-6-7-12(2)14(16)4/h6-8,13,15,17H,5,9-11,18H2,1-4H3. The summed E-state index contributed by atoms with van der Waals surface area (Å²) >= 11 is 0. The molecule has 0 bridgehead atoms. The van der Waals surface area contributed by atoms with Crippen molar-refractivity contribution in [3.63, 3.8) is 0 Å². The van der Waals surface area contributed by atoms with Crippen molar-refractivity contribution < 1.29 is 0 Å². The fourth-order valence-corrected chi connectivity index (χ4v) is 3.61. The number of rotatable bonds is 4. The third-order valence-corrected chi connectivity index (χ3v) is 4.91. The second kappa shape index (κ2) is 6.06. The fourth-order valence-electron chi connectivity index (χ4n) is 3.61. The van der Waals surface area contributed by atoms with E-state index in [1.807, 2.05) is 0 Å². The average molecular weight is 260 g/mol. The van der Waals surface area contributed by atoms with Gasteiger partial charge in [0.2, 0.25) is 0 Å². The minimum Gasteiger partial charge on any atom is -0.329 e. The molecule has 0 amide bonds. The first-order valence-electron chi connectivity index (χ1n) is 7.63. The number of benzene rings is 1. The molecule has 19 heavy (non-hydrogen) atoms. The van der Waals surface area contributed by atoms with Crippen LogP contribution >= 0.6 is 0 Å². The summed E-state index contributed by atoms with van der Waals surface area (Å²) in [5.74, 6) is 0. The van der Waals surface area contributed by atoms with Crippen LogP contribution in [-0.2, 0) is 0 Å². The molecular formula is C17H28N2. The van der Waals surface area contributed by atoms with E-state index in [4.69, 9.17) is 5.73 Å². The Bertz CT molecular complexity index is 427. The minimum absolute atomic E-state index is 0.377. The first kappa shape index (κ1) is 14.5. The first-order valence-corrected chi connectivity index (χ1v) is 7.63. The Kier molecular flexibility index (Phi) is 4.64. The van der Waals surface area contributed by atoms with Crippen molar-refractivity contribution in [3.05, 3.63) is 34.9 Å². The molecule has 2 nitrogen and oxygen atoms in total. The maximum absolute atomic E-state index is 6.14. The summed E-state index contributed by atoms with van der Waals surface area (Å²) in [6, 6.07) is 8.35. The first-order chi connectivity index (χ1) is 9.10. The van der Waals surface area contributed by atoms with E-state index in [0.29, 0.717) is 24.7 Å². The lowest BCUT2D eigenvalue weighted by Gasteiger charge is -2.36. The molecule has 106 valence electrons. The quantitative estimate of drug-likeness (QED) is 0.897. The molecule has 2 heteroatoms. The van der Waals surface area contributed by atoms with Crippen molar-refractivity contribution in [1.29, 1.82) is 0 Å². The van der Waals surface area contributed by atoms with Crippen molar-refractivity contribution in [3.8, 4) is 0 Å². The zero-order chi connectivity index (χ0) is 14.0. The van der Waals surface area contributed by atoms with Crippen LogP contribution < -0.4 is 5.73 Å². The summed E-state index contributed by atoms with van der Waals surface area (Å²) < 4.78 is 0. The zero-order valence-electron chi connectivity index (χ0n) is 12.8. The Labute approximate surface area is 118 Å². The Morgan fingerprint density at radius 2 is 2.05 bits per heavy atom. The molecule has 0 saturated carbocycles. The van der Waals surface area contributed by atoms with Gasteiger partial charge >= 0.3 is 0 Å². The Balaban J connectivity index is 2.36. The SMILES string of the molecule is CCC1CCC(C)N1C(CN)c1cccc(C)c1C. The highest BCUT2D eigenvalue weighted by atomic mass is 15.2. The molecule has 3 unspecified atom stereocenters. The zero-order valence-corrected chi connectivity index (χ0v) is 12.8. The Morgan fingerprint density at radius 3 is 2.68 bits per heavy atom. The molecule has 1 heterocycles. The highest BCUT2D eigenvalue weighted by Gasteiger charge is 2.35. The van der Waals surface area contributed by atoms with Crippen LogP contribution in [0, 0.1) is 13.8 Å². The highest BCUT2D eigenvalue weighted by molar-refractivity contribution is 5.36. The normalized spacial score (nSPS) is 25.7. The van der Waals surface area contributed by atoms with E-state index in [-0.39, 0.29) is 0 Å². The molecule has 0 aliphatic carbocycles. The van der Waals surface area contributed by atoms with Gasteiger partial charge in [-0.2, -0.15) is 0 Å². The molecule has 1 saturated heterocycles. The number of aryl methyl sites for hydroxylation is 1. The van der Waals surface area contributed by atoms with Gasteiger partial charge in [0.15, 0.2) is 0 Å². The molecule has 1 fully saturated rings. The summed E-state index contributed by atoms with van der Waals surface area (Å²) in [4.78, 5) is 2.67. The number of hydrogen-bond acceptors (Lipinski definition) is 2. The Hall–Kier alpha value is -0.860. The summed E-state index contributed by atoms with van der Waals surface area (Å²) in [7, 11) is 0. The highest BCUT2D eigenvalue weighted by Crippen LogP contribution is 2.36. The molecule has 0 radical (unpaired) electrons. The topological polar surface area (TPSA) is 29.3 Å². The molecule has 0 aromatic heterocycles. The molecule has 1 aromatic carbocycles. The predicted molar refractivity (Wildman–Crippen MR) is 82.3 cm³/mol. The summed E-state index contributed by atoms with van der Waals surface area (Å²) in [5, 5.41) is 0. The summed E-state index contributed by atoms with van der Waals surface area (Å²) in [5.41, 5.74) is 10.3. The molecule has 1 aliphatic heterocycles. The van der Waals surface area contributed by atoms with Gasteiger partial charge in [-0.3, -0.25) is 4.90 Å². The van der Waals surface area contributed by atoms with Crippen LogP contribution in [0.3, 0.4) is 0 Å². The van der Waals surface area contributed by atoms with E-state index >= 15 is 0 Å². The van der Waals surface area contributed by atoms with Gasteiger partial charge in [-0.05, 0) is 56.7 Å². The third kappa shape index (κ3) is 2.70. The summed E-state index contributed by atoms with van der Waals surface area (Å²) in [6.45, 7) is 9.78. The van der Waals surface area contributed by atoms with Crippen LogP contribution in [0.2, 0.25) is 0 Å². The maximum Gasteiger partial charge on any atom is 0.0478 e. The molecule has 2 rings (SSSR count). The van der Waals surface area contributed by atoms with Gasteiger partial charge in [-0.25, -0.2) is 0 Å². The van der Waals surface area contributed by atoms with E-state index in [9.17, 15) is 0 Å². The predicted octanol–water partition coefficient (Wildman–Crippen LogP) is 3.57. The monoisotopic (exact) mass is 260 g/mol. The second-order valence-electron chi connectivity index (χ2n) is 5.98. The van der Waals surface area contributed by atoms with Crippen LogP contribution in [0.4, 0.5) is 0 Å². The lowest BCUT2D eigenvalue weighted by atomic mass is 9.95. The largest absolute Gasteiger partial charge is 0.329 e. The molecular weight excluding hydrogens is 232 g/mol. The number of hydrogen-bond donors (Lipinski definition) is 1. The van der Waals surface area contributed by atoms with Gasteiger partial charge in [-0.1, -0.05) is 25.1 Å². The Morgan fingerprint density at radius 1 is 1.32 bits per heavy atom. The van der Waals surface area contributed by atoms with Crippen LogP contribution in [0.25, 0.3) is 0 Å². The van der Waals surface area contributed by atoms with E-state index in [0.717, 1.165) is 0 Å². The van der Waals surface area contributed by atoms with E-state index in [1.165, 1.54) is 36.0 Å². The van der Waals surface area contributed by atoms with Gasteiger partial charge in [0, 0.05) is 24.7 Å². The van der Waals surface area contributed by atoms with Crippen LogP contribution in [-0.4, -0.2) is 23.5 Å². The third-order valence-electron chi connectivity index (χ3n) is 4.91. The molecule has 2 N–H and O–H groups in total. The smallest absolute Gasteiger partial charge is 0.0478 e. The maximum atomic E-state index is 6.14. The molecule has 1 aromatic rings. The fraction of sp³-hybridized carbons (Fsp3) is 0.647. The molecule has 0 spiro atoms. The average Bonchev–Trinajstić information content (AvgIpc) is 2.77. The summed E-state index contributed by atoms with van der Waals surface area (Å²) in [6.07, 6.45) is 3.85. The van der Waals surface area contributed by atoms with Gasteiger partial charge in [0.1, 0.15) is 0 Å². The van der Waals surface area contributed by atoms with Crippen LogP contribution in [0.5, 0.6) is 0 Å². The van der Waals surface area contributed by atoms with Crippen molar-refractivity contribution in [2.45, 2.75) is 65.1 Å². The van der Waals surface area contributed by atoms with E-state index < -0.39 is 0 Å². The number of nitrogens with two attached hydrogens (primary N) is 1. The van der Waals surface area contributed by atoms with Gasteiger partial charge in [0.25, 0.3) is 0 Å². The van der Waals surface area contributed by atoms with Gasteiger partial charge < -0.3 is 5.73 Å².